The molecule has 0 atom stereocenters. The smallest absolute Gasteiger partial charge is 0.277 e. The molecule has 2 aromatic carbocycles. The second-order valence-corrected chi connectivity index (χ2v) is 6.27. The lowest BCUT2D eigenvalue weighted by Gasteiger charge is -2.04. The first-order valence-electron chi connectivity index (χ1n) is 7.38. The van der Waals surface area contributed by atoms with E-state index in [0.29, 0.717) is 23.1 Å². The minimum absolute atomic E-state index is 0.0962. The molecule has 0 fully saturated rings. The number of hydrogen-bond acceptors (Lipinski definition) is 6. The van der Waals surface area contributed by atoms with Crippen LogP contribution in [0.4, 0.5) is 0 Å². The van der Waals surface area contributed by atoms with Crippen molar-refractivity contribution in [3.63, 3.8) is 0 Å². The number of carbonyl (C=O) groups excluding carboxylic acids is 1. The summed E-state index contributed by atoms with van der Waals surface area (Å²) in [6.45, 7) is 0.300. The highest BCUT2D eigenvalue weighted by atomic mass is 35.5. The third-order valence-corrected chi connectivity index (χ3v) is 4.25. The van der Waals surface area contributed by atoms with Crippen LogP contribution in [0.1, 0.15) is 5.56 Å². The highest BCUT2D eigenvalue weighted by Crippen LogP contribution is 2.28. The Balaban J connectivity index is 1.46. The quantitative estimate of drug-likeness (QED) is 0.501. The van der Waals surface area contributed by atoms with Crippen molar-refractivity contribution in [1.82, 2.24) is 15.7 Å². The van der Waals surface area contributed by atoms with Gasteiger partial charge in [-0.1, -0.05) is 65.8 Å². The number of thioether (sulfide) groups is 1. The first kappa shape index (κ1) is 17.5. The lowest BCUT2D eigenvalue weighted by Crippen LogP contribution is -2.25. The average molecular weight is 376 g/mol. The molecule has 0 spiro atoms. The molecule has 0 radical (unpaired) electrons. The van der Waals surface area contributed by atoms with Crippen LogP contribution in [0.5, 0.6) is 0 Å². The Kier molecular flexibility index (Phi) is 6.05. The molecule has 128 valence electrons. The molecule has 3 rings (SSSR count). The molecule has 8 heteroatoms. The van der Waals surface area contributed by atoms with Crippen LogP contribution in [0, 0.1) is 0 Å². The summed E-state index contributed by atoms with van der Waals surface area (Å²) in [7, 11) is 0. The summed E-state index contributed by atoms with van der Waals surface area (Å²) in [5, 5.41) is 8.65. The molecule has 0 saturated heterocycles. The van der Waals surface area contributed by atoms with E-state index in [1.54, 1.807) is 12.1 Å². The van der Waals surface area contributed by atoms with Crippen LogP contribution in [-0.2, 0) is 16.2 Å². The fraction of sp³-hybridized carbons (Fsp3) is 0.118. The molecular weight excluding hydrogens is 362 g/mol. The fourth-order valence-corrected chi connectivity index (χ4v) is 2.71. The number of carbonyl (C=O) groups is 1. The maximum Gasteiger partial charge on any atom is 0.277 e. The Morgan fingerprint density at radius 2 is 1.88 bits per heavy atom. The van der Waals surface area contributed by atoms with Gasteiger partial charge in [0.2, 0.25) is 5.89 Å². The van der Waals surface area contributed by atoms with E-state index in [1.807, 2.05) is 42.5 Å². The van der Waals surface area contributed by atoms with Gasteiger partial charge in [0.1, 0.15) is 0 Å². The van der Waals surface area contributed by atoms with Crippen molar-refractivity contribution in [1.29, 1.82) is 0 Å². The molecule has 0 aliphatic rings. The molecule has 6 nitrogen and oxygen atoms in total. The lowest BCUT2D eigenvalue weighted by atomic mass is 10.2. The predicted octanol–water partition coefficient (Wildman–Crippen LogP) is 3.73. The fourth-order valence-electron chi connectivity index (χ4n) is 1.94. The summed E-state index contributed by atoms with van der Waals surface area (Å²) in [6, 6.07) is 16.7. The largest absolute Gasteiger partial charge is 0.411 e. The van der Waals surface area contributed by atoms with Crippen molar-refractivity contribution in [2.75, 3.05) is 5.75 Å². The molecule has 0 aliphatic carbocycles. The number of nitrogens with zero attached hydrogens (tertiary/aromatic N) is 2. The van der Waals surface area contributed by atoms with Crippen molar-refractivity contribution in [2.24, 2.45) is 0 Å². The van der Waals surface area contributed by atoms with Gasteiger partial charge in [0, 0.05) is 0 Å². The number of rotatable bonds is 7. The summed E-state index contributed by atoms with van der Waals surface area (Å²) >= 11 is 7.21. The van der Waals surface area contributed by atoms with Crippen molar-refractivity contribution in [3.05, 3.63) is 65.2 Å². The summed E-state index contributed by atoms with van der Waals surface area (Å²) in [5.74, 6) is 0.117. The van der Waals surface area contributed by atoms with E-state index in [2.05, 4.69) is 15.7 Å². The van der Waals surface area contributed by atoms with E-state index in [0.717, 1.165) is 17.3 Å². The predicted molar refractivity (Wildman–Crippen MR) is 94.8 cm³/mol. The first-order chi connectivity index (χ1) is 12.2. The number of halogens is 1. The second-order valence-electron chi connectivity index (χ2n) is 4.94. The highest BCUT2D eigenvalue weighted by Gasteiger charge is 2.13. The molecule has 0 aliphatic heterocycles. The molecule has 1 heterocycles. The molecule has 3 aromatic rings. The van der Waals surface area contributed by atoms with E-state index in [4.69, 9.17) is 20.9 Å². The maximum atomic E-state index is 11.8. The average Bonchev–Trinajstić information content (AvgIpc) is 3.10. The number of nitrogens with one attached hydrogen (secondary N) is 1. The number of hydroxylamine groups is 1. The zero-order valence-electron chi connectivity index (χ0n) is 13.0. The van der Waals surface area contributed by atoms with Crippen LogP contribution in [0.25, 0.3) is 11.5 Å². The van der Waals surface area contributed by atoms with Crippen LogP contribution in [-0.4, -0.2) is 21.9 Å². The van der Waals surface area contributed by atoms with E-state index < -0.39 is 0 Å². The zero-order valence-corrected chi connectivity index (χ0v) is 14.6. The minimum atomic E-state index is -0.293. The zero-order chi connectivity index (χ0) is 17.5. The second kappa shape index (κ2) is 8.66. The van der Waals surface area contributed by atoms with Gasteiger partial charge in [0.25, 0.3) is 11.1 Å². The van der Waals surface area contributed by atoms with E-state index in [-0.39, 0.29) is 16.9 Å². The SMILES string of the molecule is O=C(CSc1nnc(-c2ccccc2Cl)o1)NOCc1ccccc1. The topological polar surface area (TPSA) is 77.2 Å². The van der Waals surface area contributed by atoms with Gasteiger partial charge in [-0.15, -0.1) is 10.2 Å². The summed E-state index contributed by atoms with van der Waals surface area (Å²) in [6.07, 6.45) is 0. The molecule has 1 aromatic heterocycles. The monoisotopic (exact) mass is 375 g/mol. The Bertz CT molecular complexity index is 842. The van der Waals surface area contributed by atoms with Crippen LogP contribution < -0.4 is 5.48 Å². The standard InChI is InChI=1S/C17H14ClN3O3S/c18-14-9-5-4-8-13(14)16-19-20-17(24-16)25-11-15(22)21-23-10-12-6-2-1-3-7-12/h1-9H,10-11H2,(H,21,22). The summed E-state index contributed by atoms with van der Waals surface area (Å²) < 4.78 is 5.51. The van der Waals surface area contributed by atoms with Gasteiger partial charge in [-0.2, -0.15) is 0 Å². The molecule has 25 heavy (non-hydrogen) atoms. The van der Waals surface area contributed by atoms with Crippen molar-refractivity contribution in [2.45, 2.75) is 11.8 Å². The van der Waals surface area contributed by atoms with Gasteiger partial charge in [0.05, 0.1) is 22.9 Å². The maximum absolute atomic E-state index is 11.8. The number of aromatic nitrogens is 2. The van der Waals surface area contributed by atoms with Crippen molar-refractivity contribution in [3.8, 4) is 11.5 Å². The summed E-state index contributed by atoms with van der Waals surface area (Å²) in [5.41, 5.74) is 4.00. The Morgan fingerprint density at radius 1 is 1.12 bits per heavy atom. The van der Waals surface area contributed by atoms with Crippen LogP contribution in [0.2, 0.25) is 5.02 Å². The highest BCUT2D eigenvalue weighted by molar-refractivity contribution is 7.99. The van der Waals surface area contributed by atoms with Gasteiger partial charge < -0.3 is 4.42 Å². The van der Waals surface area contributed by atoms with E-state index in [1.165, 1.54) is 0 Å². The number of benzene rings is 2. The van der Waals surface area contributed by atoms with Crippen molar-refractivity contribution >= 4 is 29.3 Å². The minimum Gasteiger partial charge on any atom is -0.411 e. The molecule has 1 N–H and O–H groups in total. The van der Waals surface area contributed by atoms with Gasteiger partial charge >= 0.3 is 0 Å². The molecule has 0 unspecified atom stereocenters. The van der Waals surface area contributed by atoms with Gasteiger partial charge in [-0.05, 0) is 17.7 Å². The molecular formula is C17H14ClN3O3S. The third kappa shape index (κ3) is 5.06. The van der Waals surface area contributed by atoms with E-state index in [9.17, 15) is 4.79 Å². The van der Waals surface area contributed by atoms with E-state index >= 15 is 0 Å². The summed E-state index contributed by atoms with van der Waals surface area (Å²) in [4.78, 5) is 16.9. The third-order valence-electron chi connectivity index (χ3n) is 3.11. The van der Waals surface area contributed by atoms with Gasteiger partial charge in [-0.25, -0.2) is 5.48 Å². The Labute approximate surface area is 153 Å². The molecule has 0 saturated carbocycles. The van der Waals surface area contributed by atoms with Crippen LogP contribution >= 0.6 is 23.4 Å². The van der Waals surface area contributed by atoms with Crippen LogP contribution in [0.15, 0.2) is 64.2 Å². The number of amides is 1. The molecule has 0 bridgehead atoms. The lowest BCUT2D eigenvalue weighted by molar-refractivity contribution is -0.131. The van der Waals surface area contributed by atoms with Crippen LogP contribution in [0.3, 0.4) is 0 Å². The van der Waals surface area contributed by atoms with Crippen molar-refractivity contribution < 1.29 is 14.0 Å². The number of hydrogen-bond donors (Lipinski definition) is 1. The van der Waals surface area contributed by atoms with Gasteiger partial charge in [0.15, 0.2) is 0 Å². The Morgan fingerprint density at radius 3 is 2.68 bits per heavy atom. The Hall–Kier alpha value is -2.35. The van der Waals surface area contributed by atoms with Gasteiger partial charge in [-0.3, -0.25) is 9.63 Å². The first-order valence-corrected chi connectivity index (χ1v) is 8.74. The molecule has 1 amide bonds. The normalized spacial score (nSPS) is 10.6.